The number of aliphatic hydroxyl groups excluding tert-OH is 1. The number of hydrogen-bond acceptors (Lipinski definition) is 5. The molecule has 0 saturated carbocycles. The van der Waals surface area contributed by atoms with Crippen LogP contribution < -0.4 is 5.73 Å². The predicted octanol–water partition coefficient (Wildman–Crippen LogP) is 2.00. The molecule has 1 fully saturated rings. The van der Waals surface area contributed by atoms with Crippen LogP contribution in [-0.2, 0) is 4.74 Å². The first-order valence-corrected chi connectivity index (χ1v) is 8.44. The molecule has 5 heteroatoms. The zero-order valence-corrected chi connectivity index (χ0v) is 13.0. The van der Waals surface area contributed by atoms with E-state index in [-0.39, 0.29) is 12.6 Å². The van der Waals surface area contributed by atoms with Crippen LogP contribution in [0.4, 0.5) is 0 Å². The maximum Gasteiger partial charge on any atom is 0.0701 e. The fourth-order valence-corrected chi connectivity index (χ4v) is 3.62. The van der Waals surface area contributed by atoms with Gasteiger partial charge in [-0.1, -0.05) is 6.92 Å². The minimum atomic E-state index is 0.110. The molecular formula is C15H26N2O2S. The Bertz CT molecular complexity index is 364. The van der Waals surface area contributed by atoms with Gasteiger partial charge < -0.3 is 15.6 Å². The van der Waals surface area contributed by atoms with E-state index in [0.29, 0.717) is 18.8 Å². The van der Waals surface area contributed by atoms with Crippen LogP contribution in [0.3, 0.4) is 0 Å². The summed E-state index contributed by atoms with van der Waals surface area (Å²) in [5.74, 6) is 0. The molecule has 0 aromatic carbocycles. The number of likely N-dealkylation sites (tertiary alicyclic amines) is 1. The molecule has 20 heavy (non-hydrogen) atoms. The highest BCUT2D eigenvalue weighted by molar-refractivity contribution is 7.07. The topological polar surface area (TPSA) is 58.7 Å². The van der Waals surface area contributed by atoms with Crippen molar-refractivity contribution in [3.05, 3.63) is 22.4 Å². The molecule has 114 valence electrons. The molecule has 1 saturated heterocycles. The second kappa shape index (κ2) is 8.10. The van der Waals surface area contributed by atoms with Gasteiger partial charge in [0.25, 0.3) is 0 Å². The summed E-state index contributed by atoms with van der Waals surface area (Å²) in [7, 11) is 0. The molecule has 0 radical (unpaired) electrons. The highest BCUT2D eigenvalue weighted by Crippen LogP contribution is 2.30. The fraction of sp³-hybridized carbons (Fsp3) is 0.733. The number of rotatable bonds is 7. The smallest absolute Gasteiger partial charge is 0.0701 e. The molecule has 2 unspecified atom stereocenters. The molecular weight excluding hydrogens is 272 g/mol. The van der Waals surface area contributed by atoms with Gasteiger partial charge in [0.15, 0.2) is 0 Å². The molecule has 0 bridgehead atoms. The maximum absolute atomic E-state index is 8.82. The van der Waals surface area contributed by atoms with E-state index in [2.05, 4.69) is 28.7 Å². The van der Waals surface area contributed by atoms with Gasteiger partial charge in [-0.25, -0.2) is 0 Å². The number of aliphatic hydroxyl groups is 1. The van der Waals surface area contributed by atoms with E-state index < -0.39 is 0 Å². The lowest BCUT2D eigenvalue weighted by Crippen LogP contribution is -2.46. The van der Waals surface area contributed by atoms with Crippen molar-refractivity contribution in [1.29, 1.82) is 0 Å². The number of ether oxygens (including phenoxy) is 1. The zero-order valence-electron chi connectivity index (χ0n) is 12.2. The van der Waals surface area contributed by atoms with Gasteiger partial charge in [0.05, 0.1) is 25.4 Å². The van der Waals surface area contributed by atoms with E-state index in [1.165, 1.54) is 5.56 Å². The third-order valence-electron chi connectivity index (χ3n) is 4.08. The number of thiophene rings is 1. The van der Waals surface area contributed by atoms with Crippen LogP contribution in [-0.4, -0.2) is 48.5 Å². The average molecular weight is 298 g/mol. The molecule has 1 aromatic heterocycles. The summed E-state index contributed by atoms with van der Waals surface area (Å²) < 4.78 is 5.63. The number of nitrogens with zero attached hydrogens (tertiary/aromatic N) is 1. The van der Waals surface area contributed by atoms with E-state index in [9.17, 15) is 0 Å². The van der Waals surface area contributed by atoms with Crippen LogP contribution in [0.15, 0.2) is 16.8 Å². The van der Waals surface area contributed by atoms with Crippen LogP contribution in [0.1, 0.15) is 37.8 Å². The van der Waals surface area contributed by atoms with Gasteiger partial charge in [-0.05, 0) is 41.7 Å². The van der Waals surface area contributed by atoms with Crippen molar-refractivity contribution in [2.24, 2.45) is 5.73 Å². The van der Waals surface area contributed by atoms with Crippen molar-refractivity contribution in [2.45, 2.75) is 44.4 Å². The second-order valence-corrected chi connectivity index (χ2v) is 6.18. The lowest BCUT2D eigenvalue weighted by molar-refractivity contribution is -0.0178. The largest absolute Gasteiger partial charge is 0.394 e. The third-order valence-corrected chi connectivity index (χ3v) is 4.78. The van der Waals surface area contributed by atoms with Crippen molar-refractivity contribution in [2.75, 3.05) is 26.3 Å². The van der Waals surface area contributed by atoms with Crippen LogP contribution >= 0.6 is 11.3 Å². The molecule has 1 aliphatic rings. The summed E-state index contributed by atoms with van der Waals surface area (Å²) in [6.07, 6.45) is 3.33. The van der Waals surface area contributed by atoms with Crippen molar-refractivity contribution < 1.29 is 9.84 Å². The Morgan fingerprint density at radius 1 is 1.50 bits per heavy atom. The summed E-state index contributed by atoms with van der Waals surface area (Å²) in [5.41, 5.74) is 7.70. The summed E-state index contributed by atoms with van der Waals surface area (Å²) in [6, 6.07) is 2.70. The molecule has 3 N–H and O–H groups in total. The molecule has 1 aromatic rings. The summed E-state index contributed by atoms with van der Waals surface area (Å²) >= 11 is 1.74. The molecule has 4 nitrogen and oxygen atoms in total. The van der Waals surface area contributed by atoms with Gasteiger partial charge in [0.1, 0.15) is 0 Å². The maximum atomic E-state index is 8.82. The first-order valence-electron chi connectivity index (χ1n) is 7.50. The van der Waals surface area contributed by atoms with Crippen LogP contribution in [0.5, 0.6) is 0 Å². The first-order chi connectivity index (χ1) is 9.76. The standard InChI is InChI=1S/C15H26N2O2S/c1-2-14(16)15(12-5-10-20-11-12)17-6-3-13(4-7-17)19-9-8-18/h5,10-11,13-15,18H,2-4,6-9,16H2,1H3. The van der Waals surface area contributed by atoms with E-state index in [1.807, 2.05) is 0 Å². The Morgan fingerprint density at radius 2 is 2.25 bits per heavy atom. The molecule has 0 spiro atoms. The predicted molar refractivity (Wildman–Crippen MR) is 83.0 cm³/mol. The van der Waals surface area contributed by atoms with E-state index in [1.54, 1.807) is 11.3 Å². The highest BCUT2D eigenvalue weighted by atomic mass is 32.1. The van der Waals surface area contributed by atoms with Gasteiger partial charge in [0, 0.05) is 19.1 Å². The van der Waals surface area contributed by atoms with E-state index in [4.69, 9.17) is 15.6 Å². The Balaban J connectivity index is 1.95. The Kier molecular flexibility index (Phi) is 6.45. The summed E-state index contributed by atoms with van der Waals surface area (Å²) in [4.78, 5) is 2.50. The summed E-state index contributed by atoms with van der Waals surface area (Å²) in [5, 5.41) is 13.2. The Morgan fingerprint density at radius 3 is 2.80 bits per heavy atom. The number of piperidine rings is 1. The normalized spacial score (nSPS) is 20.9. The quantitative estimate of drug-likeness (QED) is 0.808. The zero-order chi connectivity index (χ0) is 14.4. The lowest BCUT2D eigenvalue weighted by atomic mass is 9.95. The fourth-order valence-electron chi connectivity index (χ4n) is 2.94. The van der Waals surface area contributed by atoms with Gasteiger partial charge in [-0.3, -0.25) is 4.90 Å². The molecule has 0 amide bonds. The van der Waals surface area contributed by atoms with Crippen molar-refractivity contribution >= 4 is 11.3 Å². The number of nitrogens with two attached hydrogens (primary N) is 1. The highest BCUT2D eigenvalue weighted by Gasteiger charge is 2.29. The Hall–Kier alpha value is -0.460. The van der Waals surface area contributed by atoms with Crippen molar-refractivity contribution in [1.82, 2.24) is 4.90 Å². The van der Waals surface area contributed by atoms with Gasteiger partial charge >= 0.3 is 0 Å². The van der Waals surface area contributed by atoms with Gasteiger partial charge in [-0.2, -0.15) is 11.3 Å². The van der Waals surface area contributed by atoms with Crippen LogP contribution in [0, 0.1) is 0 Å². The van der Waals surface area contributed by atoms with Gasteiger partial charge in [0.2, 0.25) is 0 Å². The van der Waals surface area contributed by atoms with Crippen molar-refractivity contribution in [3.63, 3.8) is 0 Å². The SMILES string of the molecule is CCC(N)C(c1ccsc1)N1CCC(OCCO)CC1. The first kappa shape index (κ1) is 15.9. The number of hydrogen-bond donors (Lipinski definition) is 2. The van der Waals surface area contributed by atoms with E-state index in [0.717, 1.165) is 32.4 Å². The molecule has 2 heterocycles. The monoisotopic (exact) mass is 298 g/mol. The Labute approximate surface area is 125 Å². The van der Waals surface area contributed by atoms with Gasteiger partial charge in [-0.15, -0.1) is 0 Å². The minimum absolute atomic E-state index is 0.110. The lowest BCUT2D eigenvalue weighted by Gasteiger charge is -2.39. The second-order valence-electron chi connectivity index (χ2n) is 5.40. The van der Waals surface area contributed by atoms with Crippen LogP contribution in [0.25, 0.3) is 0 Å². The molecule has 2 rings (SSSR count). The van der Waals surface area contributed by atoms with Crippen LogP contribution in [0.2, 0.25) is 0 Å². The molecule has 0 aliphatic carbocycles. The van der Waals surface area contributed by atoms with Crippen molar-refractivity contribution in [3.8, 4) is 0 Å². The average Bonchev–Trinajstić information content (AvgIpc) is 3.00. The van der Waals surface area contributed by atoms with E-state index >= 15 is 0 Å². The minimum Gasteiger partial charge on any atom is -0.394 e. The third kappa shape index (κ3) is 4.02. The summed E-state index contributed by atoms with van der Waals surface area (Å²) in [6.45, 7) is 4.75. The molecule has 1 aliphatic heterocycles. The molecule has 2 atom stereocenters.